The van der Waals surface area contributed by atoms with Gasteiger partial charge >= 0.3 is 11.8 Å². The molecular formula is C23H27N3O5. The number of fused-ring (bicyclic) bond motifs is 1. The molecule has 2 aromatic rings. The van der Waals surface area contributed by atoms with E-state index in [-0.39, 0.29) is 19.9 Å². The molecule has 164 valence electrons. The van der Waals surface area contributed by atoms with Crippen LogP contribution in [0.1, 0.15) is 11.1 Å². The maximum absolute atomic E-state index is 12.8. The molecule has 2 heterocycles. The zero-order valence-corrected chi connectivity index (χ0v) is 17.4. The number of carbonyl (C=O) groups excluding carboxylic acids is 2. The monoisotopic (exact) mass is 425 g/mol. The Labute approximate surface area is 181 Å². The lowest BCUT2D eigenvalue weighted by atomic mass is 10.1. The van der Waals surface area contributed by atoms with E-state index < -0.39 is 11.8 Å². The molecular weight excluding hydrogens is 398 g/mol. The second-order valence-electron chi connectivity index (χ2n) is 7.69. The summed E-state index contributed by atoms with van der Waals surface area (Å²) in [5, 5.41) is 9.35. The number of ether oxygens (including phenoxy) is 2. The molecule has 31 heavy (non-hydrogen) atoms. The number of piperazine rings is 1. The van der Waals surface area contributed by atoms with Gasteiger partial charge in [0.2, 0.25) is 6.79 Å². The Bertz CT molecular complexity index is 913. The summed E-state index contributed by atoms with van der Waals surface area (Å²) in [6.45, 7) is 3.61. The van der Waals surface area contributed by atoms with E-state index in [9.17, 15) is 14.7 Å². The average Bonchev–Trinajstić information content (AvgIpc) is 3.27. The molecule has 0 saturated carbocycles. The van der Waals surface area contributed by atoms with Crippen molar-refractivity contribution in [3.05, 3.63) is 59.7 Å². The van der Waals surface area contributed by atoms with Crippen LogP contribution in [0.2, 0.25) is 0 Å². The van der Waals surface area contributed by atoms with Gasteiger partial charge in [-0.05, 0) is 23.3 Å². The third kappa shape index (κ3) is 5.15. The Morgan fingerprint density at radius 1 is 0.935 bits per heavy atom. The quantitative estimate of drug-likeness (QED) is 0.698. The van der Waals surface area contributed by atoms with Crippen LogP contribution in [0.15, 0.2) is 48.5 Å². The molecule has 0 aliphatic carbocycles. The summed E-state index contributed by atoms with van der Waals surface area (Å²) in [6, 6.07) is 15.4. The van der Waals surface area contributed by atoms with Crippen molar-refractivity contribution in [1.82, 2.24) is 14.7 Å². The van der Waals surface area contributed by atoms with Gasteiger partial charge in [-0.15, -0.1) is 0 Å². The van der Waals surface area contributed by atoms with Crippen molar-refractivity contribution in [3.63, 3.8) is 0 Å². The topological polar surface area (TPSA) is 82.6 Å². The smallest absolute Gasteiger partial charge is 0.312 e. The lowest BCUT2D eigenvalue weighted by molar-refractivity contribution is -0.153. The van der Waals surface area contributed by atoms with Crippen LogP contribution in [-0.4, -0.2) is 77.7 Å². The van der Waals surface area contributed by atoms with Crippen molar-refractivity contribution >= 4 is 11.8 Å². The first-order chi connectivity index (χ1) is 15.1. The molecule has 0 aromatic heterocycles. The molecule has 2 aliphatic heterocycles. The second-order valence-corrected chi connectivity index (χ2v) is 7.69. The minimum atomic E-state index is -0.567. The van der Waals surface area contributed by atoms with Crippen molar-refractivity contribution < 1.29 is 24.2 Å². The van der Waals surface area contributed by atoms with Crippen LogP contribution in [0, 0.1) is 0 Å². The number of aliphatic hydroxyl groups is 1. The summed E-state index contributed by atoms with van der Waals surface area (Å²) < 4.78 is 10.8. The standard InChI is InChI=1S/C23H27N3O5/c27-13-12-26(16-18-4-2-1-3-5-18)23(29)22(28)25-10-8-24(9-11-25)15-19-6-7-20-21(14-19)31-17-30-20/h1-7,14,27H,8-13,15-17H2. The van der Waals surface area contributed by atoms with E-state index in [2.05, 4.69) is 4.90 Å². The van der Waals surface area contributed by atoms with Crippen molar-refractivity contribution in [2.45, 2.75) is 13.1 Å². The molecule has 0 spiro atoms. The Morgan fingerprint density at radius 2 is 1.68 bits per heavy atom. The zero-order chi connectivity index (χ0) is 21.6. The van der Waals surface area contributed by atoms with E-state index in [1.807, 2.05) is 48.5 Å². The maximum Gasteiger partial charge on any atom is 0.312 e. The maximum atomic E-state index is 12.8. The number of amides is 2. The molecule has 1 N–H and O–H groups in total. The number of hydrogen-bond acceptors (Lipinski definition) is 6. The fourth-order valence-electron chi connectivity index (χ4n) is 3.85. The lowest BCUT2D eigenvalue weighted by Crippen LogP contribution is -2.53. The largest absolute Gasteiger partial charge is 0.454 e. The number of nitrogens with zero attached hydrogens (tertiary/aromatic N) is 3. The lowest BCUT2D eigenvalue weighted by Gasteiger charge is -2.35. The predicted molar refractivity (Wildman–Crippen MR) is 113 cm³/mol. The van der Waals surface area contributed by atoms with Crippen LogP contribution in [0.5, 0.6) is 11.5 Å². The molecule has 4 rings (SSSR count). The first kappa shape index (κ1) is 21.1. The fourth-order valence-corrected chi connectivity index (χ4v) is 3.85. The highest BCUT2D eigenvalue weighted by atomic mass is 16.7. The first-order valence-electron chi connectivity index (χ1n) is 10.5. The molecule has 8 nitrogen and oxygen atoms in total. The molecule has 0 radical (unpaired) electrons. The van der Waals surface area contributed by atoms with Gasteiger partial charge in [0.1, 0.15) is 0 Å². The molecule has 1 saturated heterocycles. The summed E-state index contributed by atoms with van der Waals surface area (Å²) in [5.74, 6) is 0.453. The number of carbonyl (C=O) groups is 2. The SMILES string of the molecule is O=C(C(=O)N(CCO)Cc1ccccc1)N1CCN(Cc2ccc3c(c2)OCO3)CC1. The van der Waals surface area contributed by atoms with E-state index in [1.165, 1.54) is 4.90 Å². The summed E-state index contributed by atoms with van der Waals surface area (Å²) in [4.78, 5) is 30.9. The van der Waals surface area contributed by atoms with Gasteiger partial charge in [-0.2, -0.15) is 0 Å². The Morgan fingerprint density at radius 3 is 2.42 bits per heavy atom. The van der Waals surface area contributed by atoms with Crippen molar-refractivity contribution in [3.8, 4) is 11.5 Å². The third-order valence-electron chi connectivity index (χ3n) is 5.56. The van der Waals surface area contributed by atoms with Crippen molar-refractivity contribution in [2.24, 2.45) is 0 Å². The van der Waals surface area contributed by atoms with Crippen LogP contribution in [-0.2, 0) is 22.7 Å². The van der Waals surface area contributed by atoms with E-state index in [4.69, 9.17) is 9.47 Å². The molecule has 0 unspecified atom stereocenters. The minimum Gasteiger partial charge on any atom is -0.454 e. The summed E-state index contributed by atoms with van der Waals surface area (Å²) in [7, 11) is 0. The molecule has 2 amide bonds. The van der Waals surface area contributed by atoms with Crippen molar-refractivity contribution in [1.29, 1.82) is 0 Å². The summed E-state index contributed by atoms with van der Waals surface area (Å²) in [5.41, 5.74) is 2.04. The fraction of sp³-hybridized carbons (Fsp3) is 0.391. The van der Waals surface area contributed by atoms with Gasteiger partial charge in [0.25, 0.3) is 0 Å². The van der Waals surface area contributed by atoms with Crippen LogP contribution in [0.4, 0.5) is 0 Å². The van der Waals surface area contributed by atoms with Gasteiger partial charge < -0.3 is 24.4 Å². The van der Waals surface area contributed by atoms with Crippen LogP contribution in [0.25, 0.3) is 0 Å². The molecule has 0 atom stereocenters. The number of rotatable bonds is 6. The normalized spacial score (nSPS) is 15.7. The molecule has 2 aliphatic rings. The van der Waals surface area contributed by atoms with Gasteiger partial charge in [-0.3, -0.25) is 14.5 Å². The number of benzene rings is 2. The van der Waals surface area contributed by atoms with E-state index in [0.29, 0.717) is 32.7 Å². The average molecular weight is 425 g/mol. The Hall–Kier alpha value is -3.10. The van der Waals surface area contributed by atoms with Crippen LogP contribution in [0.3, 0.4) is 0 Å². The van der Waals surface area contributed by atoms with Gasteiger partial charge in [0, 0.05) is 45.8 Å². The second kappa shape index (κ2) is 9.80. The van der Waals surface area contributed by atoms with E-state index >= 15 is 0 Å². The predicted octanol–water partition coefficient (Wildman–Crippen LogP) is 1.08. The highest BCUT2D eigenvalue weighted by Gasteiger charge is 2.29. The Balaban J connectivity index is 1.30. The summed E-state index contributed by atoms with van der Waals surface area (Å²) in [6.07, 6.45) is 0. The summed E-state index contributed by atoms with van der Waals surface area (Å²) >= 11 is 0. The highest BCUT2D eigenvalue weighted by molar-refractivity contribution is 6.34. The molecule has 1 fully saturated rings. The van der Waals surface area contributed by atoms with Gasteiger partial charge in [-0.25, -0.2) is 0 Å². The molecule has 0 bridgehead atoms. The molecule has 8 heteroatoms. The van der Waals surface area contributed by atoms with Crippen LogP contribution < -0.4 is 9.47 Å². The van der Waals surface area contributed by atoms with E-state index in [1.54, 1.807) is 4.90 Å². The molecule has 2 aromatic carbocycles. The van der Waals surface area contributed by atoms with Gasteiger partial charge in [0.15, 0.2) is 11.5 Å². The van der Waals surface area contributed by atoms with Gasteiger partial charge in [0.05, 0.1) is 6.61 Å². The van der Waals surface area contributed by atoms with Gasteiger partial charge in [-0.1, -0.05) is 36.4 Å². The Kier molecular flexibility index (Phi) is 6.69. The minimum absolute atomic E-state index is 0.129. The number of aliphatic hydroxyl groups excluding tert-OH is 1. The first-order valence-corrected chi connectivity index (χ1v) is 10.5. The van der Waals surface area contributed by atoms with E-state index in [0.717, 1.165) is 29.2 Å². The zero-order valence-electron chi connectivity index (χ0n) is 17.4. The van der Waals surface area contributed by atoms with Crippen molar-refractivity contribution in [2.75, 3.05) is 46.1 Å². The number of hydrogen-bond donors (Lipinski definition) is 1. The van der Waals surface area contributed by atoms with Crippen LogP contribution >= 0.6 is 0 Å². The highest BCUT2D eigenvalue weighted by Crippen LogP contribution is 2.32. The third-order valence-corrected chi connectivity index (χ3v) is 5.56.